The van der Waals surface area contributed by atoms with Gasteiger partial charge in [0.15, 0.2) is 5.78 Å². The lowest BCUT2D eigenvalue weighted by Crippen LogP contribution is -2.50. The predicted octanol–water partition coefficient (Wildman–Crippen LogP) is 5.79. The summed E-state index contributed by atoms with van der Waals surface area (Å²) in [6.07, 6.45) is 4.60. The molecule has 3 nitrogen and oxygen atoms in total. The van der Waals surface area contributed by atoms with Crippen LogP contribution in [-0.2, 0) is 6.42 Å². The Balaban J connectivity index is 1.57. The number of carbonyl (C=O) groups is 1. The van der Waals surface area contributed by atoms with Gasteiger partial charge in [-0.3, -0.25) is 9.69 Å². The number of rotatable bonds is 6. The van der Waals surface area contributed by atoms with Crippen molar-refractivity contribution in [3.05, 3.63) is 102 Å². The Morgan fingerprint density at radius 3 is 2.22 bits per heavy atom. The summed E-state index contributed by atoms with van der Waals surface area (Å²) in [5.74, 6) is 0.759. The molecule has 164 valence electrons. The van der Waals surface area contributed by atoms with Crippen LogP contribution in [-0.4, -0.2) is 36.4 Å². The van der Waals surface area contributed by atoms with Crippen LogP contribution in [0.1, 0.15) is 46.7 Å². The molecule has 3 unspecified atom stereocenters. The summed E-state index contributed by atoms with van der Waals surface area (Å²) >= 11 is 0. The van der Waals surface area contributed by atoms with Crippen LogP contribution >= 0.6 is 0 Å². The minimum atomic E-state index is -0.142. The number of carbonyl (C=O) groups excluding carboxylic acids is 1. The molecular formula is C29H32N2O. The van der Waals surface area contributed by atoms with Crippen LogP contribution < -0.4 is 5.32 Å². The highest BCUT2D eigenvalue weighted by Gasteiger charge is 2.40. The maximum Gasteiger partial charge on any atom is 0.180 e. The van der Waals surface area contributed by atoms with E-state index in [2.05, 4.69) is 64.8 Å². The van der Waals surface area contributed by atoms with E-state index in [-0.39, 0.29) is 17.7 Å². The van der Waals surface area contributed by atoms with E-state index >= 15 is 0 Å². The van der Waals surface area contributed by atoms with Crippen LogP contribution in [0.15, 0.2) is 84.9 Å². The molecule has 0 bridgehead atoms. The van der Waals surface area contributed by atoms with Crippen molar-refractivity contribution in [2.24, 2.45) is 5.92 Å². The van der Waals surface area contributed by atoms with Crippen LogP contribution in [0.3, 0.4) is 0 Å². The number of likely N-dealkylation sites (tertiary alicyclic amines) is 1. The van der Waals surface area contributed by atoms with E-state index in [9.17, 15) is 4.79 Å². The summed E-state index contributed by atoms with van der Waals surface area (Å²) in [6, 6.07) is 29.1. The lowest BCUT2D eigenvalue weighted by Gasteiger charge is -2.43. The van der Waals surface area contributed by atoms with Crippen molar-refractivity contribution in [3.63, 3.8) is 0 Å². The number of nitrogens with one attached hydrogen (secondary N) is 1. The zero-order valence-corrected chi connectivity index (χ0v) is 18.6. The Labute approximate surface area is 191 Å². The van der Waals surface area contributed by atoms with Crippen LogP contribution in [0.25, 0.3) is 0 Å². The summed E-state index contributed by atoms with van der Waals surface area (Å²) in [5, 5.41) is 3.67. The molecule has 3 atom stereocenters. The molecule has 3 aromatic carbocycles. The smallest absolute Gasteiger partial charge is 0.180 e. The van der Waals surface area contributed by atoms with Gasteiger partial charge in [0.1, 0.15) is 0 Å². The molecule has 1 fully saturated rings. The van der Waals surface area contributed by atoms with Crippen molar-refractivity contribution in [2.75, 3.05) is 25.0 Å². The maximum atomic E-state index is 14.1. The average molecular weight is 425 g/mol. The molecule has 0 aromatic heterocycles. The molecule has 1 N–H and O–H groups in total. The number of anilines is 1. The normalized spacial score (nSPS) is 20.6. The number of ketones is 1. The summed E-state index contributed by atoms with van der Waals surface area (Å²) in [7, 11) is 0. The van der Waals surface area contributed by atoms with Crippen molar-refractivity contribution in [3.8, 4) is 0 Å². The first-order chi connectivity index (χ1) is 15.8. The number of Topliss-reactive ketones (excluding diaryl/α,β-unsaturated/α-hetero) is 1. The highest BCUT2D eigenvalue weighted by atomic mass is 16.1. The summed E-state index contributed by atoms with van der Waals surface area (Å²) in [4.78, 5) is 16.6. The highest BCUT2D eigenvalue weighted by Crippen LogP contribution is 2.39. The van der Waals surface area contributed by atoms with Gasteiger partial charge in [-0.1, -0.05) is 85.3 Å². The number of hydrogen-bond donors (Lipinski definition) is 1. The third-order valence-electron chi connectivity index (χ3n) is 7.20. The van der Waals surface area contributed by atoms with Gasteiger partial charge < -0.3 is 5.32 Å². The zero-order chi connectivity index (χ0) is 21.8. The fraction of sp³-hybridized carbons (Fsp3) is 0.345. The molecule has 2 heterocycles. The van der Waals surface area contributed by atoms with Gasteiger partial charge in [-0.05, 0) is 55.5 Å². The fourth-order valence-electron chi connectivity index (χ4n) is 5.63. The zero-order valence-electron chi connectivity index (χ0n) is 18.6. The third-order valence-corrected chi connectivity index (χ3v) is 7.20. The predicted molar refractivity (Wildman–Crippen MR) is 131 cm³/mol. The second-order valence-electron chi connectivity index (χ2n) is 9.21. The number of benzene rings is 3. The summed E-state index contributed by atoms with van der Waals surface area (Å²) in [6.45, 7) is 2.90. The van der Waals surface area contributed by atoms with E-state index in [1.165, 1.54) is 36.1 Å². The van der Waals surface area contributed by atoms with Crippen molar-refractivity contribution < 1.29 is 4.79 Å². The lowest BCUT2D eigenvalue weighted by molar-refractivity contribution is 0.0687. The van der Waals surface area contributed by atoms with Crippen molar-refractivity contribution >= 4 is 11.5 Å². The molecule has 0 saturated carbocycles. The Morgan fingerprint density at radius 2 is 1.47 bits per heavy atom. The van der Waals surface area contributed by atoms with Crippen molar-refractivity contribution in [1.29, 1.82) is 0 Å². The van der Waals surface area contributed by atoms with Gasteiger partial charge in [-0.25, -0.2) is 0 Å². The third kappa shape index (κ3) is 4.35. The van der Waals surface area contributed by atoms with E-state index in [0.717, 1.165) is 31.6 Å². The SMILES string of the molecule is O=C(c1ccccc1)C(C(c1ccccc1)C1CNc2ccccc2C1)N1CCCCC1. The lowest BCUT2D eigenvalue weighted by atomic mass is 9.73. The first-order valence-corrected chi connectivity index (χ1v) is 12.0. The summed E-state index contributed by atoms with van der Waals surface area (Å²) < 4.78 is 0. The molecular weight excluding hydrogens is 392 g/mol. The Kier molecular flexibility index (Phi) is 6.36. The minimum Gasteiger partial charge on any atom is -0.385 e. The first kappa shape index (κ1) is 21.0. The fourth-order valence-corrected chi connectivity index (χ4v) is 5.63. The molecule has 0 spiro atoms. The van der Waals surface area contributed by atoms with Gasteiger partial charge in [0.05, 0.1) is 6.04 Å². The van der Waals surface area contributed by atoms with Gasteiger partial charge in [0.2, 0.25) is 0 Å². The standard InChI is InChI=1S/C29H32N2O/c32-29(23-14-6-2-7-15-23)28(31-18-10-3-11-19-31)27(22-12-4-1-5-13-22)25-20-24-16-8-9-17-26(24)30-21-25/h1-2,4-9,12-17,25,27-28,30H,3,10-11,18-21H2. The minimum absolute atomic E-state index is 0.142. The first-order valence-electron chi connectivity index (χ1n) is 12.0. The monoisotopic (exact) mass is 424 g/mol. The summed E-state index contributed by atoms with van der Waals surface area (Å²) in [5.41, 5.74) is 4.69. The van der Waals surface area contributed by atoms with Gasteiger partial charge in [0.25, 0.3) is 0 Å². The van der Waals surface area contributed by atoms with E-state index < -0.39 is 0 Å². The van der Waals surface area contributed by atoms with Gasteiger partial charge >= 0.3 is 0 Å². The Bertz CT molecular complexity index is 1030. The van der Waals surface area contributed by atoms with Crippen molar-refractivity contribution in [1.82, 2.24) is 4.90 Å². The number of para-hydroxylation sites is 1. The Hall–Kier alpha value is -2.91. The molecule has 32 heavy (non-hydrogen) atoms. The topological polar surface area (TPSA) is 32.3 Å². The highest BCUT2D eigenvalue weighted by molar-refractivity contribution is 6.00. The number of fused-ring (bicyclic) bond motifs is 1. The van der Waals surface area contributed by atoms with Gasteiger partial charge in [0, 0.05) is 23.7 Å². The second-order valence-corrected chi connectivity index (χ2v) is 9.21. The molecule has 0 aliphatic carbocycles. The van der Waals surface area contributed by atoms with Crippen LogP contribution in [0.4, 0.5) is 5.69 Å². The van der Waals surface area contributed by atoms with Crippen LogP contribution in [0.2, 0.25) is 0 Å². The van der Waals surface area contributed by atoms with E-state index in [0.29, 0.717) is 5.92 Å². The van der Waals surface area contributed by atoms with E-state index in [1.807, 2.05) is 30.3 Å². The maximum absolute atomic E-state index is 14.1. The molecule has 2 aliphatic heterocycles. The number of hydrogen-bond acceptors (Lipinski definition) is 3. The molecule has 1 saturated heterocycles. The van der Waals surface area contributed by atoms with Gasteiger partial charge in [-0.2, -0.15) is 0 Å². The van der Waals surface area contributed by atoms with Gasteiger partial charge in [-0.15, -0.1) is 0 Å². The van der Waals surface area contributed by atoms with Crippen LogP contribution in [0, 0.1) is 5.92 Å². The quantitative estimate of drug-likeness (QED) is 0.508. The van der Waals surface area contributed by atoms with E-state index in [4.69, 9.17) is 0 Å². The Morgan fingerprint density at radius 1 is 0.812 bits per heavy atom. The molecule has 0 radical (unpaired) electrons. The van der Waals surface area contributed by atoms with E-state index in [1.54, 1.807) is 0 Å². The second kappa shape index (κ2) is 9.70. The molecule has 3 heteroatoms. The van der Waals surface area contributed by atoms with Crippen LogP contribution in [0.5, 0.6) is 0 Å². The molecule has 2 aliphatic rings. The molecule has 5 rings (SSSR count). The molecule has 0 amide bonds. The number of nitrogens with zero attached hydrogens (tertiary/aromatic N) is 1. The van der Waals surface area contributed by atoms with Crippen molar-refractivity contribution in [2.45, 2.75) is 37.6 Å². The number of piperidine rings is 1. The molecule has 3 aromatic rings. The largest absolute Gasteiger partial charge is 0.385 e. The average Bonchev–Trinajstić information content (AvgIpc) is 2.88.